The van der Waals surface area contributed by atoms with Gasteiger partial charge in [-0.15, -0.1) is 9.78 Å². The third-order valence-corrected chi connectivity index (χ3v) is 5.44. The Bertz CT molecular complexity index is 1140. The van der Waals surface area contributed by atoms with Crippen LogP contribution in [0.25, 0.3) is 0 Å². The Morgan fingerprint density at radius 1 is 1.12 bits per heavy atom. The van der Waals surface area contributed by atoms with E-state index in [-0.39, 0.29) is 24.3 Å². The van der Waals surface area contributed by atoms with Gasteiger partial charge in [-0.05, 0) is 61.3 Å². The first kappa shape index (κ1) is 22.2. The van der Waals surface area contributed by atoms with E-state index < -0.39 is 11.7 Å². The van der Waals surface area contributed by atoms with E-state index in [1.54, 1.807) is 55.6 Å². The molecule has 3 aromatic rings. The van der Waals surface area contributed by atoms with Crippen LogP contribution in [0, 0.1) is 0 Å². The van der Waals surface area contributed by atoms with Crippen molar-refractivity contribution < 1.29 is 14.0 Å². The molecule has 6 N–H and O–H groups in total. The van der Waals surface area contributed by atoms with Gasteiger partial charge in [0.1, 0.15) is 5.67 Å². The molecule has 10 nitrogen and oxygen atoms in total. The van der Waals surface area contributed by atoms with Crippen molar-refractivity contribution in [1.82, 2.24) is 25.4 Å². The number of nitrogens with one attached hydrogen (secondary N) is 4. The summed E-state index contributed by atoms with van der Waals surface area (Å²) in [5.41, 5.74) is 6.61. The van der Waals surface area contributed by atoms with Gasteiger partial charge in [0.25, 0.3) is 5.91 Å². The molecule has 4 rings (SSSR count). The average Bonchev–Trinajstić information content (AvgIpc) is 3.20. The number of halogens is 1. The zero-order chi connectivity index (χ0) is 23.4. The Labute approximate surface area is 189 Å². The molecule has 1 aliphatic heterocycles. The van der Waals surface area contributed by atoms with Crippen molar-refractivity contribution in [3.05, 3.63) is 59.7 Å². The van der Waals surface area contributed by atoms with Crippen LogP contribution in [0.5, 0.6) is 0 Å². The second kappa shape index (κ2) is 9.25. The number of benzene rings is 2. The summed E-state index contributed by atoms with van der Waals surface area (Å²) in [6, 6.07) is 12.7. The lowest BCUT2D eigenvalue weighted by Crippen LogP contribution is -2.40. The highest BCUT2D eigenvalue weighted by Gasteiger charge is 2.33. The molecule has 1 unspecified atom stereocenters. The van der Waals surface area contributed by atoms with Crippen LogP contribution < -0.4 is 27.0 Å². The summed E-state index contributed by atoms with van der Waals surface area (Å²) in [5.74, 6) is -0.186. The fourth-order valence-corrected chi connectivity index (χ4v) is 3.65. The van der Waals surface area contributed by atoms with E-state index in [0.29, 0.717) is 28.9 Å². The largest absolute Gasteiger partial charge is 0.368 e. The van der Waals surface area contributed by atoms with Crippen LogP contribution >= 0.6 is 0 Å². The van der Waals surface area contributed by atoms with Crippen molar-refractivity contribution in [2.45, 2.75) is 18.5 Å². The number of carbonyl (C=O) groups excluding carboxylic acids is 2. The normalized spacial score (nSPS) is 17.9. The highest BCUT2D eigenvalue weighted by Crippen LogP contribution is 2.33. The van der Waals surface area contributed by atoms with Crippen LogP contribution in [-0.2, 0) is 5.67 Å². The number of carbonyl (C=O) groups is 2. The summed E-state index contributed by atoms with van der Waals surface area (Å²) < 4.78 is 16.0. The molecule has 1 saturated heterocycles. The highest BCUT2D eigenvalue weighted by molar-refractivity contribution is 5.94. The first-order valence-electron chi connectivity index (χ1n) is 10.5. The van der Waals surface area contributed by atoms with Gasteiger partial charge in [0, 0.05) is 30.5 Å². The standard InChI is InChI=1S/C22H25FN8O2/c1-25-18(32)14-3-7-16(8-4-14)27-20-29-19(24)31(30-20)21(33)28-17-9-5-15(6-10-17)22(23)11-2-12-26-13-22/h3-10,26H,2,11-13H2,1H3,(H,25,32)(H,28,33)(H3,24,27,29,30). The summed E-state index contributed by atoms with van der Waals surface area (Å²) >= 11 is 0. The lowest BCUT2D eigenvalue weighted by atomic mass is 9.88. The lowest BCUT2D eigenvalue weighted by molar-refractivity contribution is 0.0963. The Morgan fingerprint density at radius 3 is 2.45 bits per heavy atom. The minimum atomic E-state index is -1.41. The van der Waals surface area contributed by atoms with E-state index in [1.165, 1.54) is 0 Å². The first-order chi connectivity index (χ1) is 15.9. The number of hydrogen-bond donors (Lipinski definition) is 5. The third-order valence-electron chi connectivity index (χ3n) is 5.44. The van der Waals surface area contributed by atoms with Gasteiger partial charge < -0.3 is 27.0 Å². The molecule has 2 amide bonds. The molecule has 0 aliphatic carbocycles. The molecule has 1 atom stereocenters. The zero-order valence-electron chi connectivity index (χ0n) is 18.1. The molecule has 0 bridgehead atoms. The molecular weight excluding hydrogens is 427 g/mol. The summed E-state index contributed by atoms with van der Waals surface area (Å²) in [6.45, 7) is 1.09. The smallest absolute Gasteiger partial charge is 0.349 e. The highest BCUT2D eigenvalue weighted by atomic mass is 19.1. The first-order valence-corrected chi connectivity index (χ1v) is 10.5. The molecule has 172 valence electrons. The average molecular weight is 452 g/mol. The summed E-state index contributed by atoms with van der Waals surface area (Å²) in [4.78, 5) is 28.3. The van der Waals surface area contributed by atoms with Crippen LogP contribution in [0.4, 0.5) is 32.5 Å². The summed E-state index contributed by atoms with van der Waals surface area (Å²) in [5, 5.41) is 15.3. The summed E-state index contributed by atoms with van der Waals surface area (Å²) in [6.07, 6.45) is 1.24. The predicted octanol–water partition coefficient (Wildman–Crippen LogP) is 2.59. The van der Waals surface area contributed by atoms with Crippen LogP contribution in [0.2, 0.25) is 0 Å². The molecule has 1 aliphatic rings. The molecule has 33 heavy (non-hydrogen) atoms. The summed E-state index contributed by atoms with van der Waals surface area (Å²) in [7, 11) is 1.55. The van der Waals surface area contributed by atoms with Crippen molar-refractivity contribution in [3.63, 3.8) is 0 Å². The van der Waals surface area contributed by atoms with Crippen molar-refractivity contribution in [1.29, 1.82) is 0 Å². The number of piperidine rings is 1. The molecule has 1 aromatic heterocycles. The number of aromatic nitrogens is 3. The molecule has 2 aromatic carbocycles. The van der Waals surface area contributed by atoms with Gasteiger partial charge >= 0.3 is 6.03 Å². The fraction of sp³-hybridized carbons (Fsp3) is 0.273. The van der Waals surface area contributed by atoms with Crippen molar-refractivity contribution >= 4 is 35.2 Å². The molecule has 1 fully saturated rings. The molecular formula is C22H25FN8O2. The maximum atomic E-state index is 15.1. The van der Waals surface area contributed by atoms with E-state index in [9.17, 15) is 9.59 Å². The second-order valence-electron chi connectivity index (χ2n) is 7.74. The Balaban J connectivity index is 1.41. The van der Waals surface area contributed by atoms with Gasteiger partial charge in [0.2, 0.25) is 11.9 Å². The van der Waals surface area contributed by atoms with Gasteiger partial charge in [0.15, 0.2) is 0 Å². The van der Waals surface area contributed by atoms with Gasteiger partial charge in [-0.2, -0.15) is 4.98 Å². The minimum absolute atomic E-state index is 0.107. The van der Waals surface area contributed by atoms with E-state index in [1.807, 2.05) is 0 Å². The van der Waals surface area contributed by atoms with E-state index in [0.717, 1.165) is 17.6 Å². The predicted molar refractivity (Wildman–Crippen MR) is 123 cm³/mol. The van der Waals surface area contributed by atoms with Gasteiger partial charge in [-0.25, -0.2) is 9.18 Å². The van der Waals surface area contributed by atoms with E-state index in [2.05, 4.69) is 31.3 Å². The number of amides is 2. The Kier molecular flexibility index (Phi) is 6.22. The fourth-order valence-electron chi connectivity index (χ4n) is 3.65. The minimum Gasteiger partial charge on any atom is -0.368 e. The maximum Gasteiger partial charge on any atom is 0.349 e. The molecule has 0 saturated carbocycles. The van der Waals surface area contributed by atoms with Crippen molar-refractivity contribution in [3.8, 4) is 0 Å². The zero-order valence-corrected chi connectivity index (χ0v) is 18.1. The number of nitrogens with two attached hydrogens (primary N) is 1. The number of rotatable bonds is 5. The SMILES string of the molecule is CNC(=O)c1ccc(Nc2nc(N)n(C(=O)Nc3ccc(C4(F)CCCNC4)cc3)n2)cc1. The van der Waals surface area contributed by atoms with Gasteiger partial charge in [0.05, 0.1) is 0 Å². The molecule has 0 spiro atoms. The van der Waals surface area contributed by atoms with E-state index >= 15 is 4.39 Å². The van der Waals surface area contributed by atoms with Gasteiger partial charge in [-0.3, -0.25) is 4.79 Å². The number of nitrogen functional groups attached to an aromatic ring is 1. The van der Waals surface area contributed by atoms with E-state index in [4.69, 9.17) is 5.73 Å². The molecule has 11 heteroatoms. The molecule has 0 radical (unpaired) electrons. The van der Waals surface area contributed by atoms with Gasteiger partial charge in [-0.1, -0.05) is 12.1 Å². The van der Waals surface area contributed by atoms with Crippen LogP contribution in [-0.4, -0.2) is 46.8 Å². The lowest BCUT2D eigenvalue weighted by Gasteiger charge is -2.30. The quantitative estimate of drug-likeness (QED) is 0.401. The third kappa shape index (κ3) is 4.93. The monoisotopic (exact) mass is 452 g/mol. The second-order valence-corrected chi connectivity index (χ2v) is 7.74. The van der Waals surface area contributed by atoms with Crippen LogP contribution in [0.15, 0.2) is 48.5 Å². The Hall–Kier alpha value is -3.99. The Morgan fingerprint density at radius 2 is 1.82 bits per heavy atom. The van der Waals surface area contributed by atoms with Crippen molar-refractivity contribution in [2.75, 3.05) is 36.5 Å². The topological polar surface area (TPSA) is 139 Å². The number of nitrogens with zero attached hydrogens (tertiary/aromatic N) is 3. The maximum absolute atomic E-state index is 15.1. The molecule has 2 heterocycles. The number of anilines is 4. The number of alkyl halides is 1. The van der Waals surface area contributed by atoms with Crippen molar-refractivity contribution in [2.24, 2.45) is 0 Å². The number of hydrogen-bond acceptors (Lipinski definition) is 7. The van der Waals surface area contributed by atoms with Crippen LogP contribution in [0.1, 0.15) is 28.8 Å². The van der Waals surface area contributed by atoms with Crippen LogP contribution in [0.3, 0.4) is 0 Å².